The van der Waals surface area contributed by atoms with Crippen molar-refractivity contribution < 1.29 is 18.0 Å². The lowest BCUT2D eigenvalue weighted by Gasteiger charge is -2.34. The lowest BCUT2D eigenvalue weighted by molar-refractivity contribution is -0.115. The number of hydrogen-bond acceptors (Lipinski definition) is 4. The van der Waals surface area contributed by atoms with E-state index in [0.717, 1.165) is 6.42 Å². The molecule has 32 heavy (non-hydrogen) atoms. The summed E-state index contributed by atoms with van der Waals surface area (Å²) in [7, 11) is -3.61. The Morgan fingerprint density at radius 1 is 1.09 bits per heavy atom. The summed E-state index contributed by atoms with van der Waals surface area (Å²) in [5.41, 5.74) is 1.44. The second kappa shape index (κ2) is 9.98. The fourth-order valence-corrected chi connectivity index (χ4v) is 5.56. The van der Waals surface area contributed by atoms with E-state index in [1.807, 2.05) is 13.8 Å². The van der Waals surface area contributed by atoms with E-state index in [4.69, 9.17) is 6.42 Å². The third kappa shape index (κ3) is 5.75. The van der Waals surface area contributed by atoms with Gasteiger partial charge in [-0.1, -0.05) is 25.8 Å². The molecule has 0 aromatic heterocycles. The quantitative estimate of drug-likeness (QED) is 0.658. The first kappa shape index (κ1) is 23.5. The summed E-state index contributed by atoms with van der Waals surface area (Å²) in [4.78, 5) is 24.6. The van der Waals surface area contributed by atoms with Crippen molar-refractivity contribution in [3.8, 4) is 12.3 Å². The summed E-state index contributed by atoms with van der Waals surface area (Å²) in [5.74, 6) is 2.22. The molecule has 7 nitrogen and oxygen atoms in total. The highest BCUT2D eigenvalue weighted by Gasteiger charge is 2.31. The van der Waals surface area contributed by atoms with Gasteiger partial charge >= 0.3 is 0 Å². The van der Waals surface area contributed by atoms with Crippen LogP contribution >= 0.6 is 0 Å². The van der Waals surface area contributed by atoms with Crippen molar-refractivity contribution in [2.75, 3.05) is 25.0 Å². The molecular formula is C24H27N3O4S. The number of terminal acetylenes is 1. The normalized spacial score (nSPS) is 19.0. The number of anilines is 1. The minimum absolute atomic E-state index is 0.154. The van der Waals surface area contributed by atoms with Gasteiger partial charge in [0, 0.05) is 29.9 Å². The molecular weight excluding hydrogens is 426 g/mol. The highest BCUT2D eigenvalue weighted by atomic mass is 32.2. The number of carbonyl (C=O) groups is 2. The van der Waals surface area contributed by atoms with E-state index >= 15 is 0 Å². The minimum atomic E-state index is -3.61. The van der Waals surface area contributed by atoms with Gasteiger partial charge in [-0.2, -0.15) is 4.31 Å². The predicted octanol–water partition coefficient (Wildman–Crippen LogP) is 2.70. The lowest BCUT2D eigenvalue weighted by Crippen LogP contribution is -2.42. The second-order valence-corrected chi connectivity index (χ2v) is 10.2. The molecule has 2 amide bonds. The number of piperidine rings is 1. The number of nitrogens with one attached hydrogen (secondary N) is 2. The topological polar surface area (TPSA) is 95.6 Å². The molecule has 0 radical (unpaired) electrons. The van der Waals surface area contributed by atoms with Gasteiger partial charge in [0.05, 0.1) is 11.4 Å². The largest absolute Gasteiger partial charge is 0.343 e. The number of rotatable bonds is 6. The maximum Gasteiger partial charge on any atom is 0.251 e. The van der Waals surface area contributed by atoms with Crippen molar-refractivity contribution >= 4 is 27.5 Å². The zero-order valence-corrected chi connectivity index (χ0v) is 19.0. The molecule has 0 bridgehead atoms. The van der Waals surface area contributed by atoms with Crippen molar-refractivity contribution in [2.45, 2.75) is 25.2 Å². The van der Waals surface area contributed by atoms with Gasteiger partial charge in [-0.15, -0.1) is 6.42 Å². The van der Waals surface area contributed by atoms with Crippen molar-refractivity contribution in [3.63, 3.8) is 0 Å². The number of amides is 2. The van der Waals surface area contributed by atoms with E-state index in [-0.39, 0.29) is 17.0 Å². The van der Waals surface area contributed by atoms with E-state index in [2.05, 4.69) is 16.6 Å². The average Bonchev–Trinajstić information content (AvgIpc) is 2.77. The number of nitrogens with zero attached hydrogens (tertiary/aromatic N) is 1. The molecule has 1 aliphatic rings. The lowest BCUT2D eigenvalue weighted by atomic mass is 9.94. The number of sulfonamides is 1. The summed E-state index contributed by atoms with van der Waals surface area (Å²) in [6.07, 6.45) is 6.35. The van der Waals surface area contributed by atoms with Crippen LogP contribution in [-0.4, -0.2) is 44.2 Å². The smallest absolute Gasteiger partial charge is 0.251 e. The predicted molar refractivity (Wildman–Crippen MR) is 123 cm³/mol. The summed E-state index contributed by atoms with van der Waals surface area (Å²) in [5, 5.41) is 5.19. The van der Waals surface area contributed by atoms with E-state index in [0.29, 0.717) is 36.2 Å². The summed E-state index contributed by atoms with van der Waals surface area (Å²) < 4.78 is 27.4. The van der Waals surface area contributed by atoms with Gasteiger partial charge in [0.2, 0.25) is 15.9 Å². The van der Waals surface area contributed by atoms with Gasteiger partial charge in [-0.25, -0.2) is 8.42 Å². The first-order valence-corrected chi connectivity index (χ1v) is 11.9. The zero-order valence-electron chi connectivity index (χ0n) is 18.2. The third-order valence-electron chi connectivity index (χ3n) is 5.31. The Morgan fingerprint density at radius 3 is 2.38 bits per heavy atom. The summed E-state index contributed by atoms with van der Waals surface area (Å²) in [6, 6.07) is 12.6. The maximum absolute atomic E-state index is 13.0. The average molecular weight is 454 g/mol. The molecule has 2 aromatic carbocycles. The van der Waals surface area contributed by atoms with E-state index in [1.54, 1.807) is 24.3 Å². The second-order valence-electron chi connectivity index (χ2n) is 8.25. The van der Waals surface area contributed by atoms with Gasteiger partial charge in [0.1, 0.15) is 0 Å². The standard InChI is InChI=1S/C24H27N3O4S/c1-4-19-6-5-7-21(13-19)26-23(28)14-25-24(29)20-8-10-22(11-9-20)32(30,31)27-15-17(2)12-18(3)16-27/h1,5-11,13,17-18H,12,14-16H2,2-3H3,(H,25,29)(H,26,28). The summed E-state index contributed by atoms with van der Waals surface area (Å²) >= 11 is 0. The fourth-order valence-electron chi connectivity index (χ4n) is 3.88. The van der Waals surface area contributed by atoms with Crippen LogP contribution in [0, 0.1) is 24.2 Å². The first-order chi connectivity index (χ1) is 15.2. The molecule has 0 spiro atoms. The molecule has 2 atom stereocenters. The monoisotopic (exact) mass is 453 g/mol. The SMILES string of the molecule is C#Cc1cccc(NC(=O)CNC(=O)c2ccc(S(=O)(=O)N3CC(C)CC(C)C3)cc2)c1. The van der Waals surface area contributed by atoms with Gasteiger partial charge in [-0.3, -0.25) is 9.59 Å². The molecule has 2 aromatic rings. The van der Waals surface area contributed by atoms with Crippen LogP contribution in [0.2, 0.25) is 0 Å². The van der Waals surface area contributed by atoms with Gasteiger partial charge in [0.25, 0.3) is 5.91 Å². The molecule has 1 fully saturated rings. The van der Waals surface area contributed by atoms with Crippen LogP contribution in [0.4, 0.5) is 5.69 Å². The number of benzene rings is 2. The molecule has 1 heterocycles. The van der Waals surface area contributed by atoms with Gasteiger partial charge in [0.15, 0.2) is 0 Å². The molecule has 1 saturated heterocycles. The minimum Gasteiger partial charge on any atom is -0.343 e. The number of hydrogen-bond donors (Lipinski definition) is 2. The molecule has 1 aliphatic heterocycles. The molecule has 2 unspecified atom stereocenters. The first-order valence-electron chi connectivity index (χ1n) is 10.4. The van der Waals surface area contributed by atoms with Gasteiger partial charge in [-0.05, 0) is 60.7 Å². The summed E-state index contributed by atoms with van der Waals surface area (Å²) in [6.45, 7) is 4.85. The van der Waals surface area contributed by atoms with Crippen LogP contribution in [0.5, 0.6) is 0 Å². The highest BCUT2D eigenvalue weighted by Crippen LogP contribution is 2.26. The Labute approximate surface area is 189 Å². The Hall–Kier alpha value is -3.15. The Balaban J connectivity index is 1.59. The molecule has 0 aliphatic carbocycles. The van der Waals surface area contributed by atoms with Gasteiger partial charge < -0.3 is 10.6 Å². The molecule has 2 N–H and O–H groups in total. The third-order valence-corrected chi connectivity index (χ3v) is 7.16. The van der Waals surface area contributed by atoms with E-state index < -0.39 is 21.8 Å². The van der Waals surface area contributed by atoms with E-state index in [9.17, 15) is 18.0 Å². The Kier molecular flexibility index (Phi) is 7.33. The van der Waals surface area contributed by atoms with Crippen molar-refractivity contribution in [2.24, 2.45) is 11.8 Å². The highest BCUT2D eigenvalue weighted by molar-refractivity contribution is 7.89. The van der Waals surface area contributed by atoms with Crippen LogP contribution in [-0.2, 0) is 14.8 Å². The van der Waals surface area contributed by atoms with E-state index in [1.165, 1.54) is 28.6 Å². The van der Waals surface area contributed by atoms with Crippen LogP contribution in [0.15, 0.2) is 53.4 Å². The number of carbonyl (C=O) groups excluding carboxylic acids is 2. The maximum atomic E-state index is 13.0. The van der Waals surface area contributed by atoms with Crippen LogP contribution in [0.25, 0.3) is 0 Å². The molecule has 168 valence electrons. The zero-order chi connectivity index (χ0) is 23.3. The van der Waals surface area contributed by atoms with Crippen molar-refractivity contribution in [1.82, 2.24) is 9.62 Å². The van der Waals surface area contributed by atoms with Crippen LogP contribution in [0.3, 0.4) is 0 Å². The van der Waals surface area contributed by atoms with Crippen LogP contribution in [0.1, 0.15) is 36.2 Å². The fraction of sp³-hybridized carbons (Fsp3) is 0.333. The molecule has 0 saturated carbocycles. The Morgan fingerprint density at radius 2 is 1.75 bits per heavy atom. The Bertz CT molecular complexity index is 1130. The molecule has 8 heteroatoms. The molecule has 3 rings (SSSR count). The van der Waals surface area contributed by atoms with Crippen molar-refractivity contribution in [1.29, 1.82) is 0 Å². The van der Waals surface area contributed by atoms with Crippen molar-refractivity contribution in [3.05, 3.63) is 59.7 Å². The van der Waals surface area contributed by atoms with Crippen LogP contribution < -0.4 is 10.6 Å².